The standard InChI is InChI=1S/C22H30N2O2/c1-3-23(4-2)21-11-7-19(8-12-21)5-6-20-9-13-22(14-10-20)24(15-17-25)16-18-26/h5-14,25-26H,3-4,15-18H2,1-2H3/b6-5+. The summed E-state index contributed by atoms with van der Waals surface area (Å²) in [5.74, 6) is 0. The Hall–Kier alpha value is -2.30. The molecular formula is C22H30N2O2. The maximum Gasteiger partial charge on any atom is 0.0606 e. The maximum atomic E-state index is 9.14. The zero-order valence-corrected chi connectivity index (χ0v) is 15.8. The number of nitrogens with zero attached hydrogens (tertiary/aromatic N) is 2. The van der Waals surface area contributed by atoms with Crippen LogP contribution in [-0.2, 0) is 0 Å². The molecular weight excluding hydrogens is 324 g/mol. The molecule has 4 nitrogen and oxygen atoms in total. The van der Waals surface area contributed by atoms with Crippen molar-refractivity contribution in [3.05, 3.63) is 59.7 Å². The number of aliphatic hydroxyl groups is 2. The van der Waals surface area contributed by atoms with Gasteiger partial charge in [0.2, 0.25) is 0 Å². The third-order valence-corrected chi connectivity index (χ3v) is 4.49. The second kappa shape index (κ2) is 10.6. The lowest BCUT2D eigenvalue weighted by Crippen LogP contribution is -2.29. The number of rotatable bonds is 10. The van der Waals surface area contributed by atoms with Crippen LogP contribution in [0.3, 0.4) is 0 Å². The Labute approximate surface area is 157 Å². The quantitative estimate of drug-likeness (QED) is 0.641. The predicted octanol–water partition coefficient (Wildman–Crippen LogP) is 3.49. The van der Waals surface area contributed by atoms with E-state index in [4.69, 9.17) is 10.2 Å². The fourth-order valence-electron chi connectivity index (χ4n) is 2.99. The van der Waals surface area contributed by atoms with Crippen molar-refractivity contribution in [2.24, 2.45) is 0 Å². The van der Waals surface area contributed by atoms with Gasteiger partial charge in [-0.05, 0) is 49.2 Å². The topological polar surface area (TPSA) is 46.9 Å². The zero-order valence-electron chi connectivity index (χ0n) is 15.8. The Morgan fingerprint density at radius 2 is 1.04 bits per heavy atom. The van der Waals surface area contributed by atoms with Crippen molar-refractivity contribution in [2.75, 3.05) is 49.2 Å². The van der Waals surface area contributed by atoms with E-state index in [-0.39, 0.29) is 13.2 Å². The van der Waals surface area contributed by atoms with E-state index in [0.29, 0.717) is 13.1 Å². The van der Waals surface area contributed by atoms with E-state index in [0.717, 1.165) is 24.3 Å². The summed E-state index contributed by atoms with van der Waals surface area (Å²) >= 11 is 0. The molecule has 0 amide bonds. The molecule has 0 aromatic heterocycles. The number of benzene rings is 2. The van der Waals surface area contributed by atoms with E-state index in [1.54, 1.807) is 0 Å². The van der Waals surface area contributed by atoms with Gasteiger partial charge in [0, 0.05) is 37.6 Å². The van der Waals surface area contributed by atoms with E-state index < -0.39 is 0 Å². The summed E-state index contributed by atoms with van der Waals surface area (Å²) in [5, 5.41) is 18.3. The van der Waals surface area contributed by atoms with Crippen LogP contribution >= 0.6 is 0 Å². The van der Waals surface area contributed by atoms with Crippen molar-refractivity contribution in [1.82, 2.24) is 0 Å². The van der Waals surface area contributed by atoms with Crippen molar-refractivity contribution >= 4 is 23.5 Å². The summed E-state index contributed by atoms with van der Waals surface area (Å²) in [4.78, 5) is 4.30. The van der Waals surface area contributed by atoms with Crippen LogP contribution in [0.4, 0.5) is 11.4 Å². The predicted molar refractivity (Wildman–Crippen MR) is 112 cm³/mol. The highest BCUT2D eigenvalue weighted by atomic mass is 16.3. The SMILES string of the molecule is CCN(CC)c1ccc(/C=C/c2ccc(N(CCO)CCO)cc2)cc1. The summed E-state index contributed by atoms with van der Waals surface area (Å²) in [5.41, 5.74) is 4.56. The van der Waals surface area contributed by atoms with Gasteiger partial charge in [-0.3, -0.25) is 0 Å². The van der Waals surface area contributed by atoms with E-state index in [1.807, 2.05) is 17.0 Å². The van der Waals surface area contributed by atoms with Crippen LogP contribution in [0.15, 0.2) is 48.5 Å². The Morgan fingerprint density at radius 3 is 1.38 bits per heavy atom. The minimum atomic E-state index is 0.0745. The molecule has 0 saturated heterocycles. The molecule has 140 valence electrons. The van der Waals surface area contributed by atoms with Gasteiger partial charge in [-0.15, -0.1) is 0 Å². The molecule has 2 aromatic rings. The maximum absolute atomic E-state index is 9.14. The molecule has 0 aliphatic carbocycles. The van der Waals surface area contributed by atoms with E-state index in [9.17, 15) is 0 Å². The molecule has 2 aromatic carbocycles. The van der Waals surface area contributed by atoms with Gasteiger partial charge in [0.25, 0.3) is 0 Å². The number of anilines is 2. The van der Waals surface area contributed by atoms with Gasteiger partial charge in [0.05, 0.1) is 13.2 Å². The first-order valence-corrected chi connectivity index (χ1v) is 9.31. The van der Waals surface area contributed by atoms with Gasteiger partial charge in [0.1, 0.15) is 0 Å². The lowest BCUT2D eigenvalue weighted by molar-refractivity contribution is 0.281. The highest BCUT2D eigenvalue weighted by molar-refractivity contribution is 5.71. The molecule has 4 heteroatoms. The minimum absolute atomic E-state index is 0.0745. The third kappa shape index (κ3) is 5.61. The Bertz CT molecular complexity index is 656. The third-order valence-electron chi connectivity index (χ3n) is 4.49. The molecule has 0 fully saturated rings. The lowest BCUT2D eigenvalue weighted by Gasteiger charge is -2.22. The van der Waals surface area contributed by atoms with Crippen LogP contribution in [0.25, 0.3) is 12.2 Å². The molecule has 0 aliphatic heterocycles. The fourth-order valence-corrected chi connectivity index (χ4v) is 2.99. The molecule has 0 radical (unpaired) electrons. The molecule has 0 spiro atoms. The summed E-state index contributed by atoms with van der Waals surface area (Å²) in [6, 6.07) is 16.8. The van der Waals surface area contributed by atoms with Crippen molar-refractivity contribution < 1.29 is 10.2 Å². The van der Waals surface area contributed by atoms with Crippen LogP contribution in [-0.4, -0.2) is 49.6 Å². The van der Waals surface area contributed by atoms with Crippen LogP contribution in [0.1, 0.15) is 25.0 Å². The van der Waals surface area contributed by atoms with Gasteiger partial charge in [0.15, 0.2) is 0 Å². The molecule has 0 unspecified atom stereocenters. The summed E-state index contributed by atoms with van der Waals surface area (Å²) in [7, 11) is 0. The van der Waals surface area contributed by atoms with Gasteiger partial charge in [-0.25, -0.2) is 0 Å². The van der Waals surface area contributed by atoms with Gasteiger partial charge < -0.3 is 20.0 Å². The average Bonchev–Trinajstić information content (AvgIpc) is 2.68. The fraction of sp³-hybridized carbons (Fsp3) is 0.364. The second-order valence-electron chi connectivity index (χ2n) is 6.12. The van der Waals surface area contributed by atoms with Gasteiger partial charge in [-0.1, -0.05) is 36.4 Å². The average molecular weight is 354 g/mol. The van der Waals surface area contributed by atoms with E-state index >= 15 is 0 Å². The molecule has 2 rings (SSSR count). The lowest BCUT2D eigenvalue weighted by atomic mass is 10.1. The summed E-state index contributed by atoms with van der Waals surface area (Å²) < 4.78 is 0. The second-order valence-corrected chi connectivity index (χ2v) is 6.12. The van der Waals surface area contributed by atoms with Crippen LogP contribution in [0, 0.1) is 0 Å². The van der Waals surface area contributed by atoms with Crippen LogP contribution in [0.2, 0.25) is 0 Å². The number of hydrogen-bond acceptors (Lipinski definition) is 4. The zero-order chi connectivity index (χ0) is 18.8. The molecule has 2 N–H and O–H groups in total. The van der Waals surface area contributed by atoms with Crippen molar-refractivity contribution in [3.63, 3.8) is 0 Å². The highest BCUT2D eigenvalue weighted by Gasteiger charge is 2.04. The Morgan fingerprint density at radius 1 is 0.654 bits per heavy atom. The van der Waals surface area contributed by atoms with Crippen molar-refractivity contribution in [3.8, 4) is 0 Å². The Balaban J connectivity index is 2.03. The molecule has 0 saturated carbocycles. The van der Waals surface area contributed by atoms with E-state index in [2.05, 4.69) is 67.3 Å². The monoisotopic (exact) mass is 354 g/mol. The van der Waals surface area contributed by atoms with Crippen molar-refractivity contribution in [1.29, 1.82) is 0 Å². The molecule has 0 atom stereocenters. The first-order chi connectivity index (χ1) is 12.7. The smallest absolute Gasteiger partial charge is 0.0606 e. The molecule has 26 heavy (non-hydrogen) atoms. The largest absolute Gasteiger partial charge is 0.395 e. The molecule has 0 aliphatic rings. The molecule has 0 bridgehead atoms. The van der Waals surface area contributed by atoms with E-state index in [1.165, 1.54) is 11.3 Å². The minimum Gasteiger partial charge on any atom is -0.395 e. The van der Waals surface area contributed by atoms with Gasteiger partial charge >= 0.3 is 0 Å². The van der Waals surface area contributed by atoms with Crippen molar-refractivity contribution in [2.45, 2.75) is 13.8 Å². The molecule has 0 heterocycles. The summed E-state index contributed by atoms with van der Waals surface area (Å²) in [6.07, 6.45) is 4.21. The highest BCUT2D eigenvalue weighted by Crippen LogP contribution is 2.18. The number of aliphatic hydroxyl groups excluding tert-OH is 2. The van der Waals surface area contributed by atoms with Crippen LogP contribution < -0.4 is 9.80 Å². The van der Waals surface area contributed by atoms with Gasteiger partial charge in [-0.2, -0.15) is 0 Å². The number of hydrogen-bond donors (Lipinski definition) is 2. The first kappa shape index (κ1) is 20.0. The van der Waals surface area contributed by atoms with Crippen LogP contribution in [0.5, 0.6) is 0 Å². The summed E-state index contributed by atoms with van der Waals surface area (Å²) in [6.45, 7) is 7.56. The Kier molecular flexibility index (Phi) is 8.19. The normalized spacial score (nSPS) is 11.1. The first-order valence-electron chi connectivity index (χ1n) is 9.31.